The van der Waals surface area contributed by atoms with E-state index in [0.717, 1.165) is 37.9 Å². The van der Waals surface area contributed by atoms with Crippen LogP contribution in [0.1, 0.15) is 22.1 Å². The Morgan fingerprint density at radius 1 is 0.462 bits per heavy atom. The van der Waals surface area contributed by atoms with E-state index in [-0.39, 0.29) is 52.1 Å². The fourth-order valence-corrected chi connectivity index (χ4v) is 6.07. The fourth-order valence-electron chi connectivity index (χ4n) is 6.07. The maximum absolute atomic E-state index is 9.19. The van der Waals surface area contributed by atoms with Crippen LogP contribution in [-0.4, -0.2) is 0 Å². The highest BCUT2D eigenvalue weighted by atomic mass is 14.2. The molecule has 0 fully saturated rings. The van der Waals surface area contributed by atoms with Crippen LogP contribution in [0, 0.1) is 0 Å². The molecule has 8 aromatic carbocycles. The Labute approximate surface area is 239 Å². The van der Waals surface area contributed by atoms with Crippen LogP contribution in [0.3, 0.4) is 0 Å². The SMILES string of the molecule is [2H]c1c([2H])c([2H])c2c(-c3ccccc3)c3c([2H])c([2H])c([2H])c([2H])c3c(Cc3cc4ccc5ccccc5c4c4ccccc34)c2c1[2H]. The third-order valence-corrected chi connectivity index (χ3v) is 7.74. The molecular weight excluding hydrogens is 468 g/mol. The van der Waals surface area contributed by atoms with E-state index in [1.54, 1.807) is 12.1 Å². The maximum Gasteiger partial charge on any atom is 0.0629 e. The molecule has 0 spiro atoms. The predicted octanol–water partition coefficient (Wildman–Crippen LogP) is 10.7. The van der Waals surface area contributed by atoms with Crippen molar-refractivity contribution in [2.75, 3.05) is 0 Å². The summed E-state index contributed by atoms with van der Waals surface area (Å²) in [4.78, 5) is 0. The summed E-state index contributed by atoms with van der Waals surface area (Å²) in [5, 5.41) is 7.37. The van der Waals surface area contributed by atoms with E-state index in [1.165, 1.54) is 0 Å². The first-order chi connectivity index (χ1) is 22.7. The summed E-state index contributed by atoms with van der Waals surface area (Å²) in [5.41, 5.74) is 2.30. The Morgan fingerprint density at radius 2 is 1.03 bits per heavy atom. The highest BCUT2D eigenvalue weighted by molar-refractivity contribution is 6.21. The van der Waals surface area contributed by atoms with Crippen molar-refractivity contribution in [3.63, 3.8) is 0 Å². The second-order valence-electron chi connectivity index (χ2n) is 9.86. The van der Waals surface area contributed by atoms with E-state index in [2.05, 4.69) is 36.4 Å². The molecule has 0 aliphatic heterocycles. The van der Waals surface area contributed by atoms with Crippen LogP contribution in [0.25, 0.3) is 65.0 Å². The quantitative estimate of drug-likeness (QED) is 0.166. The molecule has 0 unspecified atom stereocenters. The van der Waals surface area contributed by atoms with Gasteiger partial charge in [0, 0.05) is 0 Å². The third-order valence-electron chi connectivity index (χ3n) is 7.74. The predicted molar refractivity (Wildman–Crippen MR) is 169 cm³/mol. The molecular formula is C39H26. The van der Waals surface area contributed by atoms with Crippen molar-refractivity contribution in [1.82, 2.24) is 0 Å². The zero-order valence-corrected chi connectivity index (χ0v) is 20.9. The van der Waals surface area contributed by atoms with Crippen molar-refractivity contribution in [1.29, 1.82) is 0 Å². The van der Waals surface area contributed by atoms with Crippen molar-refractivity contribution in [3.8, 4) is 11.1 Å². The van der Waals surface area contributed by atoms with Gasteiger partial charge in [-0.1, -0.05) is 145 Å². The molecule has 0 atom stereocenters. The minimum absolute atomic E-state index is 0.176. The molecule has 0 heteroatoms. The molecule has 8 rings (SSSR count). The molecule has 0 radical (unpaired) electrons. The number of hydrogen-bond donors (Lipinski definition) is 0. The first kappa shape index (κ1) is 15.5. The van der Waals surface area contributed by atoms with E-state index < -0.39 is 24.2 Å². The number of hydrogen-bond acceptors (Lipinski definition) is 0. The molecule has 39 heavy (non-hydrogen) atoms. The Kier molecular flexibility index (Phi) is 3.50. The van der Waals surface area contributed by atoms with Gasteiger partial charge in [0.15, 0.2) is 0 Å². The lowest BCUT2D eigenvalue weighted by Crippen LogP contribution is -1.97. The molecule has 0 aliphatic carbocycles. The monoisotopic (exact) mass is 502 g/mol. The van der Waals surface area contributed by atoms with Crippen LogP contribution in [0.2, 0.25) is 0 Å². The van der Waals surface area contributed by atoms with Gasteiger partial charge in [-0.05, 0) is 82.5 Å². The van der Waals surface area contributed by atoms with Crippen molar-refractivity contribution in [3.05, 3.63) is 157 Å². The Bertz CT molecular complexity index is 2550. The molecule has 0 bridgehead atoms. The standard InChI is InChI=1S/C39H26/c1-2-13-27(14-3-1)38-35-20-10-7-17-32(35)37(33-18-8-11-21-36(33)38)25-29-24-28-23-22-26-12-4-5-16-31(26)39(28)34-19-9-6-15-30(29)34/h1-24H,25H2/i7D,8D,10D,11D,17D,18D,20D,21D. The van der Waals surface area contributed by atoms with Gasteiger partial charge in [-0.2, -0.15) is 0 Å². The van der Waals surface area contributed by atoms with Gasteiger partial charge in [0.05, 0.1) is 11.0 Å². The Morgan fingerprint density at radius 3 is 1.74 bits per heavy atom. The summed E-state index contributed by atoms with van der Waals surface area (Å²) in [6.07, 6.45) is 0.176. The van der Waals surface area contributed by atoms with Crippen molar-refractivity contribution < 1.29 is 11.0 Å². The number of rotatable bonds is 3. The van der Waals surface area contributed by atoms with Gasteiger partial charge in [0.25, 0.3) is 0 Å². The summed E-state index contributed by atoms with van der Waals surface area (Å²) in [7, 11) is 0. The summed E-state index contributed by atoms with van der Waals surface area (Å²) in [6, 6.07) is 29.1. The molecule has 0 saturated carbocycles. The lowest BCUT2D eigenvalue weighted by molar-refractivity contribution is 1.26. The van der Waals surface area contributed by atoms with E-state index in [0.29, 0.717) is 16.7 Å². The van der Waals surface area contributed by atoms with Gasteiger partial charge in [-0.15, -0.1) is 0 Å². The smallest absolute Gasteiger partial charge is 0.0622 e. The van der Waals surface area contributed by atoms with Crippen LogP contribution in [0.4, 0.5) is 0 Å². The van der Waals surface area contributed by atoms with E-state index in [9.17, 15) is 2.74 Å². The van der Waals surface area contributed by atoms with Gasteiger partial charge in [-0.25, -0.2) is 0 Å². The molecule has 0 aromatic heterocycles. The summed E-state index contributed by atoms with van der Waals surface area (Å²) in [5.74, 6) is 0. The second kappa shape index (κ2) is 8.82. The summed E-state index contributed by atoms with van der Waals surface area (Å²) in [6.45, 7) is 0. The van der Waals surface area contributed by atoms with Crippen LogP contribution in [0.5, 0.6) is 0 Å². The fraction of sp³-hybridized carbons (Fsp3) is 0.0256. The molecule has 0 nitrogen and oxygen atoms in total. The number of benzene rings is 8. The topological polar surface area (TPSA) is 0 Å². The van der Waals surface area contributed by atoms with Crippen LogP contribution in [-0.2, 0) is 6.42 Å². The van der Waals surface area contributed by atoms with Crippen molar-refractivity contribution in [2.45, 2.75) is 6.42 Å². The van der Waals surface area contributed by atoms with E-state index in [1.807, 2.05) is 48.5 Å². The molecule has 182 valence electrons. The minimum atomic E-state index is -0.395. The molecule has 0 amide bonds. The van der Waals surface area contributed by atoms with Crippen molar-refractivity contribution >= 4 is 53.9 Å². The lowest BCUT2D eigenvalue weighted by Gasteiger charge is -2.19. The van der Waals surface area contributed by atoms with Crippen LogP contribution < -0.4 is 0 Å². The summed E-state index contributed by atoms with van der Waals surface area (Å²) < 4.78 is 71.2. The Hall–Kier alpha value is -4.94. The van der Waals surface area contributed by atoms with Crippen molar-refractivity contribution in [2.24, 2.45) is 0 Å². The Balaban J connectivity index is 1.58. The molecule has 8 aromatic rings. The maximum atomic E-state index is 9.19. The average molecular weight is 503 g/mol. The van der Waals surface area contributed by atoms with Gasteiger partial charge in [-0.3, -0.25) is 0 Å². The highest BCUT2D eigenvalue weighted by Crippen LogP contribution is 2.41. The van der Waals surface area contributed by atoms with Gasteiger partial charge >= 0.3 is 0 Å². The van der Waals surface area contributed by atoms with Gasteiger partial charge in [0.1, 0.15) is 0 Å². The van der Waals surface area contributed by atoms with Crippen LogP contribution in [0.15, 0.2) is 145 Å². The third kappa shape index (κ3) is 3.46. The van der Waals surface area contributed by atoms with Gasteiger partial charge < -0.3 is 0 Å². The summed E-state index contributed by atoms with van der Waals surface area (Å²) >= 11 is 0. The first-order valence-corrected chi connectivity index (χ1v) is 13.0. The zero-order chi connectivity index (χ0) is 32.7. The first-order valence-electron chi connectivity index (χ1n) is 17.0. The second-order valence-corrected chi connectivity index (χ2v) is 9.86. The van der Waals surface area contributed by atoms with Gasteiger partial charge in [0.2, 0.25) is 0 Å². The molecule has 0 N–H and O–H groups in total. The van der Waals surface area contributed by atoms with E-state index >= 15 is 0 Å². The average Bonchev–Trinajstić information content (AvgIpc) is 3.10. The largest absolute Gasteiger partial charge is 0.0629 e. The zero-order valence-electron chi connectivity index (χ0n) is 28.9. The van der Waals surface area contributed by atoms with Crippen LogP contribution >= 0.6 is 0 Å². The molecule has 0 heterocycles. The molecule has 0 aliphatic rings. The van der Waals surface area contributed by atoms with E-state index in [4.69, 9.17) is 8.22 Å². The lowest BCUT2D eigenvalue weighted by atomic mass is 9.85. The number of fused-ring (bicyclic) bond motifs is 7. The minimum Gasteiger partial charge on any atom is -0.0622 e. The molecule has 0 saturated heterocycles. The highest BCUT2D eigenvalue weighted by Gasteiger charge is 2.17. The normalized spacial score (nSPS) is 14.6.